The molecule has 0 saturated heterocycles. The van der Waals surface area contributed by atoms with Crippen LogP contribution >= 0.6 is 0 Å². The molecule has 0 N–H and O–H groups in total. The predicted octanol–water partition coefficient (Wildman–Crippen LogP) is 5.82. The van der Waals surface area contributed by atoms with Gasteiger partial charge in [0.15, 0.2) is 0 Å². The van der Waals surface area contributed by atoms with Crippen molar-refractivity contribution < 1.29 is 19.1 Å². The van der Waals surface area contributed by atoms with E-state index >= 15 is 0 Å². The summed E-state index contributed by atoms with van der Waals surface area (Å²) in [6.07, 6.45) is 11.4. The maximum absolute atomic E-state index is 12.3. The molecular formula is C27H33NO4. The van der Waals surface area contributed by atoms with Crippen molar-refractivity contribution in [3.8, 4) is 0 Å². The summed E-state index contributed by atoms with van der Waals surface area (Å²) in [6.45, 7) is 2.27. The molecule has 0 spiro atoms. The number of carbonyl (C=O) groups is 3. The van der Waals surface area contributed by atoms with E-state index in [1.54, 1.807) is 36.4 Å². The maximum Gasteiger partial charge on any atom is 0.338 e. The van der Waals surface area contributed by atoms with Crippen LogP contribution in [0.15, 0.2) is 48.5 Å². The van der Waals surface area contributed by atoms with Crippen molar-refractivity contribution in [3.05, 3.63) is 70.8 Å². The molecule has 3 rings (SSSR count). The first-order chi connectivity index (χ1) is 15.6. The molecule has 0 atom stereocenters. The van der Waals surface area contributed by atoms with Crippen LogP contribution in [-0.2, 0) is 11.2 Å². The Hall–Kier alpha value is -2.95. The quantitative estimate of drug-likeness (QED) is 0.226. The van der Waals surface area contributed by atoms with Crippen molar-refractivity contribution in [2.45, 2.75) is 64.7 Å². The van der Waals surface area contributed by atoms with Crippen LogP contribution < -0.4 is 0 Å². The molecule has 5 nitrogen and oxygen atoms in total. The Bertz CT molecular complexity index is 885. The van der Waals surface area contributed by atoms with E-state index in [9.17, 15) is 14.4 Å². The Balaban J connectivity index is 1.35. The molecule has 0 saturated carbocycles. The number of hydrogen-bond acceptors (Lipinski definition) is 4. The number of rotatable bonds is 13. The van der Waals surface area contributed by atoms with Crippen LogP contribution in [0.2, 0.25) is 0 Å². The minimum Gasteiger partial charge on any atom is -0.460 e. The number of fused-ring (bicyclic) bond motifs is 1. The molecule has 1 aliphatic rings. The molecule has 0 unspecified atom stereocenters. The molecule has 2 amide bonds. The summed E-state index contributed by atoms with van der Waals surface area (Å²) in [5.41, 5.74) is 2.50. The highest BCUT2D eigenvalue weighted by Gasteiger charge is 2.34. The van der Waals surface area contributed by atoms with Gasteiger partial charge < -0.3 is 4.74 Å². The lowest BCUT2D eigenvalue weighted by molar-refractivity contribution is 0.0420. The van der Waals surface area contributed by atoms with E-state index < -0.39 is 5.97 Å². The minimum absolute atomic E-state index is 0.0235. The molecule has 170 valence electrons. The maximum atomic E-state index is 12.3. The number of carbonyl (C=O) groups excluding carboxylic acids is 3. The lowest BCUT2D eigenvalue weighted by Gasteiger charge is -2.13. The number of aryl methyl sites for hydroxylation is 1. The molecule has 1 aliphatic heterocycles. The highest BCUT2D eigenvalue weighted by atomic mass is 16.5. The highest BCUT2D eigenvalue weighted by molar-refractivity contribution is 6.21. The standard InChI is InChI=1S/C27H33NO4/c1-2-3-4-5-6-7-8-9-12-21-15-17-22(18-16-21)27(31)32-20-19-28-25(29)23-13-10-11-14-24(23)26(28)30/h10-11,13-18H,2-9,12,19-20H2,1H3. The number of imide groups is 1. The zero-order valence-corrected chi connectivity index (χ0v) is 19.0. The summed E-state index contributed by atoms with van der Waals surface area (Å²) in [5, 5.41) is 0. The fraction of sp³-hybridized carbons (Fsp3) is 0.444. The lowest BCUT2D eigenvalue weighted by Crippen LogP contribution is -2.33. The fourth-order valence-corrected chi connectivity index (χ4v) is 4.03. The average molecular weight is 436 g/mol. The van der Waals surface area contributed by atoms with Gasteiger partial charge in [-0.15, -0.1) is 0 Å². The molecule has 5 heteroatoms. The summed E-state index contributed by atoms with van der Waals surface area (Å²) >= 11 is 0. The Kier molecular flexibility index (Phi) is 9.02. The third-order valence-corrected chi connectivity index (χ3v) is 5.93. The second-order valence-electron chi connectivity index (χ2n) is 8.37. The number of benzene rings is 2. The third-order valence-electron chi connectivity index (χ3n) is 5.93. The van der Waals surface area contributed by atoms with Crippen LogP contribution in [0.3, 0.4) is 0 Å². The third kappa shape index (κ3) is 6.28. The van der Waals surface area contributed by atoms with Crippen molar-refractivity contribution in [2.75, 3.05) is 13.2 Å². The van der Waals surface area contributed by atoms with Crippen LogP contribution in [-0.4, -0.2) is 35.8 Å². The van der Waals surface area contributed by atoms with E-state index in [-0.39, 0.29) is 25.0 Å². The monoisotopic (exact) mass is 435 g/mol. The normalized spacial score (nSPS) is 12.8. The van der Waals surface area contributed by atoms with Gasteiger partial charge in [-0.05, 0) is 42.7 Å². The van der Waals surface area contributed by atoms with Gasteiger partial charge in [0.05, 0.1) is 23.2 Å². The minimum atomic E-state index is -0.444. The van der Waals surface area contributed by atoms with Gasteiger partial charge in [0.2, 0.25) is 0 Å². The van der Waals surface area contributed by atoms with Crippen molar-refractivity contribution in [2.24, 2.45) is 0 Å². The number of ether oxygens (including phenoxy) is 1. The summed E-state index contributed by atoms with van der Waals surface area (Å²) in [7, 11) is 0. The molecular weight excluding hydrogens is 402 g/mol. The molecule has 0 aliphatic carbocycles. The number of hydrogen-bond donors (Lipinski definition) is 0. The Morgan fingerprint density at radius 1 is 0.781 bits per heavy atom. The predicted molar refractivity (Wildman–Crippen MR) is 125 cm³/mol. The van der Waals surface area contributed by atoms with E-state index in [1.807, 2.05) is 12.1 Å². The van der Waals surface area contributed by atoms with Gasteiger partial charge in [0, 0.05) is 0 Å². The van der Waals surface area contributed by atoms with Crippen molar-refractivity contribution in [3.63, 3.8) is 0 Å². The number of nitrogens with zero attached hydrogens (tertiary/aromatic N) is 1. The Morgan fingerprint density at radius 2 is 1.34 bits per heavy atom. The first kappa shape index (κ1) is 23.7. The molecule has 2 aromatic carbocycles. The van der Waals surface area contributed by atoms with Gasteiger partial charge >= 0.3 is 5.97 Å². The van der Waals surface area contributed by atoms with Gasteiger partial charge in [-0.3, -0.25) is 14.5 Å². The molecule has 32 heavy (non-hydrogen) atoms. The molecule has 0 bridgehead atoms. The molecule has 0 aromatic heterocycles. The Morgan fingerprint density at radius 3 is 1.94 bits per heavy atom. The molecule has 2 aromatic rings. The topological polar surface area (TPSA) is 63.7 Å². The van der Waals surface area contributed by atoms with E-state index in [0.717, 1.165) is 17.7 Å². The Labute approximate surface area is 190 Å². The van der Waals surface area contributed by atoms with Gasteiger partial charge in [-0.2, -0.15) is 0 Å². The van der Waals surface area contributed by atoms with E-state index in [1.165, 1.54) is 50.5 Å². The summed E-state index contributed by atoms with van der Waals surface area (Å²) in [4.78, 5) is 38.1. The smallest absolute Gasteiger partial charge is 0.338 e. The van der Waals surface area contributed by atoms with Crippen molar-refractivity contribution in [1.82, 2.24) is 4.90 Å². The zero-order chi connectivity index (χ0) is 22.8. The second-order valence-corrected chi connectivity index (χ2v) is 8.37. The van der Waals surface area contributed by atoms with Crippen LogP contribution in [0.4, 0.5) is 0 Å². The van der Waals surface area contributed by atoms with Crippen molar-refractivity contribution in [1.29, 1.82) is 0 Å². The van der Waals surface area contributed by atoms with Crippen LogP contribution in [0, 0.1) is 0 Å². The number of amides is 2. The summed E-state index contributed by atoms with van der Waals surface area (Å²) in [6, 6.07) is 14.2. The first-order valence-electron chi connectivity index (χ1n) is 11.8. The second kappa shape index (κ2) is 12.2. The van der Waals surface area contributed by atoms with E-state index in [4.69, 9.17) is 4.74 Å². The molecule has 1 heterocycles. The number of unbranched alkanes of at least 4 members (excludes halogenated alkanes) is 7. The van der Waals surface area contributed by atoms with Crippen molar-refractivity contribution >= 4 is 17.8 Å². The summed E-state index contributed by atoms with van der Waals surface area (Å²) in [5.74, 6) is -1.13. The van der Waals surface area contributed by atoms with Crippen LogP contribution in [0.25, 0.3) is 0 Å². The molecule has 0 radical (unpaired) electrons. The van der Waals surface area contributed by atoms with Gasteiger partial charge in [0.1, 0.15) is 6.61 Å². The summed E-state index contributed by atoms with van der Waals surface area (Å²) < 4.78 is 5.29. The number of esters is 1. The highest BCUT2D eigenvalue weighted by Crippen LogP contribution is 2.22. The largest absolute Gasteiger partial charge is 0.460 e. The SMILES string of the molecule is CCCCCCCCCCc1ccc(C(=O)OCCN2C(=O)c3ccccc3C2=O)cc1. The lowest BCUT2D eigenvalue weighted by atomic mass is 10.0. The molecule has 0 fully saturated rings. The van der Waals surface area contributed by atoms with E-state index in [0.29, 0.717) is 16.7 Å². The van der Waals surface area contributed by atoms with E-state index in [2.05, 4.69) is 6.92 Å². The zero-order valence-electron chi connectivity index (χ0n) is 19.0. The van der Waals surface area contributed by atoms with Gasteiger partial charge in [-0.1, -0.05) is 76.1 Å². The van der Waals surface area contributed by atoms with Gasteiger partial charge in [-0.25, -0.2) is 4.79 Å². The van der Waals surface area contributed by atoms with Crippen LogP contribution in [0.5, 0.6) is 0 Å². The van der Waals surface area contributed by atoms with Gasteiger partial charge in [0.25, 0.3) is 11.8 Å². The van der Waals surface area contributed by atoms with Crippen LogP contribution in [0.1, 0.15) is 94.9 Å². The average Bonchev–Trinajstić information content (AvgIpc) is 3.06. The fourth-order valence-electron chi connectivity index (χ4n) is 4.03. The first-order valence-corrected chi connectivity index (χ1v) is 11.8.